The number of nitrogens with one attached hydrogen (secondary N) is 1. The Kier molecular flexibility index (Phi) is 3.71. The first-order chi connectivity index (χ1) is 11.2. The van der Waals surface area contributed by atoms with Gasteiger partial charge in [-0.2, -0.15) is 0 Å². The molecule has 2 saturated carbocycles. The van der Waals surface area contributed by atoms with E-state index in [-0.39, 0.29) is 18.4 Å². The Labute approximate surface area is 136 Å². The van der Waals surface area contributed by atoms with Crippen LogP contribution in [0.1, 0.15) is 32.1 Å². The number of para-hydroxylation sites is 2. The molecule has 0 unspecified atom stereocenters. The second-order valence-corrected chi connectivity index (χ2v) is 6.82. The van der Waals surface area contributed by atoms with Crippen LogP contribution in [0.3, 0.4) is 0 Å². The number of rotatable bonds is 6. The fourth-order valence-electron chi connectivity index (χ4n) is 3.40. The van der Waals surface area contributed by atoms with Crippen molar-refractivity contribution in [3.63, 3.8) is 0 Å². The smallest absolute Gasteiger partial charge is 0.265 e. The van der Waals surface area contributed by atoms with Crippen molar-refractivity contribution in [1.82, 2.24) is 5.32 Å². The number of hydrogen-bond acceptors (Lipinski definition) is 3. The van der Waals surface area contributed by atoms with E-state index in [4.69, 9.17) is 4.74 Å². The Balaban J connectivity index is 1.36. The summed E-state index contributed by atoms with van der Waals surface area (Å²) >= 11 is 0. The molecule has 23 heavy (non-hydrogen) atoms. The quantitative estimate of drug-likeness (QED) is 0.875. The fraction of sp³-hybridized carbons (Fsp3) is 0.556. The van der Waals surface area contributed by atoms with Gasteiger partial charge in [-0.25, -0.2) is 0 Å². The van der Waals surface area contributed by atoms with Gasteiger partial charge in [0.05, 0.1) is 5.69 Å². The summed E-state index contributed by atoms with van der Waals surface area (Å²) in [5.41, 5.74) is 0.762. The normalized spacial score (nSPS) is 20.2. The topological polar surface area (TPSA) is 58.6 Å². The van der Waals surface area contributed by atoms with Crippen molar-refractivity contribution in [3.05, 3.63) is 24.3 Å². The van der Waals surface area contributed by atoms with Crippen molar-refractivity contribution in [2.45, 2.75) is 38.1 Å². The molecule has 5 heteroatoms. The number of anilines is 1. The third-order valence-electron chi connectivity index (χ3n) is 4.96. The zero-order valence-electron chi connectivity index (χ0n) is 13.2. The fourth-order valence-corrected chi connectivity index (χ4v) is 3.40. The summed E-state index contributed by atoms with van der Waals surface area (Å²) in [5, 5.41) is 3.21. The highest BCUT2D eigenvalue weighted by atomic mass is 16.5. The zero-order chi connectivity index (χ0) is 15.8. The first kappa shape index (κ1) is 14.5. The van der Waals surface area contributed by atoms with Crippen LogP contribution in [0.15, 0.2) is 24.3 Å². The Morgan fingerprint density at radius 2 is 1.91 bits per heavy atom. The molecule has 0 saturated heterocycles. The Hall–Kier alpha value is -2.04. The minimum absolute atomic E-state index is 0.0470. The van der Waals surface area contributed by atoms with Crippen molar-refractivity contribution in [3.8, 4) is 5.75 Å². The molecule has 1 heterocycles. The molecule has 2 fully saturated rings. The van der Waals surface area contributed by atoms with E-state index in [0.29, 0.717) is 36.6 Å². The van der Waals surface area contributed by atoms with Gasteiger partial charge in [0.1, 0.15) is 5.75 Å². The minimum atomic E-state index is -0.0857. The summed E-state index contributed by atoms with van der Waals surface area (Å²) in [6, 6.07) is 7.85. The van der Waals surface area contributed by atoms with Crippen LogP contribution in [0.25, 0.3) is 0 Å². The van der Waals surface area contributed by atoms with Crippen LogP contribution in [-0.2, 0) is 9.59 Å². The lowest BCUT2D eigenvalue weighted by molar-refractivity contribution is -0.122. The van der Waals surface area contributed by atoms with Crippen LogP contribution in [0.2, 0.25) is 0 Å². The largest absolute Gasteiger partial charge is 0.482 e. The molecule has 4 rings (SSSR count). The summed E-state index contributed by atoms with van der Waals surface area (Å²) in [6.07, 6.45) is 5.33. The number of nitrogens with zero attached hydrogens (tertiary/aromatic N) is 1. The van der Waals surface area contributed by atoms with Crippen LogP contribution in [0.4, 0.5) is 5.69 Å². The molecule has 1 aromatic rings. The second-order valence-electron chi connectivity index (χ2n) is 6.82. The number of carbonyl (C=O) groups excluding carboxylic acids is 2. The van der Waals surface area contributed by atoms with Crippen LogP contribution in [-0.4, -0.2) is 31.0 Å². The van der Waals surface area contributed by atoms with E-state index in [0.717, 1.165) is 5.69 Å². The van der Waals surface area contributed by atoms with Crippen molar-refractivity contribution in [2.24, 2.45) is 11.8 Å². The molecule has 0 bridgehead atoms. The summed E-state index contributed by atoms with van der Waals surface area (Å²) in [6.45, 7) is 0.457. The summed E-state index contributed by atoms with van der Waals surface area (Å²) in [7, 11) is 0. The predicted molar refractivity (Wildman–Crippen MR) is 86.3 cm³/mol. The lowest BCUT2D eigenvalue weighted by Gasteiger charge is -2.29. The van der Waals surface area contributed by atoms with Gasteiger partial charge >= 0.3 is 0 Å². The van der Waals surface area contributed by atoms with E-state index in [2.05, 4.69) is 5.32 Å². The Morgan fingerprint density at radius 3 is 2.61 bits per heavy atom. The van der Waals surface area contributed by atoms with Gasteiger partial charge < -0.3 is 15.0 Å². The van der Waals surface area contributed by atoms with Crippen LogP contribution in [0, 0.1) is 11.8 Å². The van der Waals surface area contributed by atoms with Crippen LogP contribution >= 0.6 is 0 Å². The monoisotopic (exact) mass is 314 g/mol. The molecule has 0 aromatic heterocycles. The van der Waals surface area contributed by atoms with E-state index in [1.54, 1.807) is 4.90 Å². The molecule has 0 spiro atoms. The standard InChI is InChI=1S/C18H22N2O3/c21-16(19-18(12-5-6-12)13-7-8-13)9-10-20-14-3-1-2-4-15(14)23-11-17(20)22/h1-4,12-13,18H,5-11H2,(H,19,21). The highest BCUT2D eigenvalue weighted by molar-refractivity contribution is 5.98. The molecule has 3 aliphatic rings. The molecule has 2 aliphatic carbocycles. The second kappa shape index (κ2) is 5.87. The summed E-state index contributed by atoms with van der Waals surface area (Å²) in [5.74, 6) is 2.07. The number of benzene rings is 1. The third kappa shape index (κ3) is 3.19. The number of hydrogen-bond donors (Lipinski definition) is 1. The molecule has 5 nitrogen and oxygen atoms in total. The van der Waals surface area contributed by atoms with Gasteiger partial charge in [-0.1, -0.05) is 12.1 Å². The number of amides is 2. The van der Waals surface area contributed by atoms with Gasteiger partial charge in [0.25, 0.3) is 5.91 Å². The highest BCUT2D eigenvalue weighted by Gasteiger charge is 2.42. The van der Waals surface area contributed by atoms with Crippen LogP contribution in [0.5, 0.6) is 5.75 Å². The average molecular weight is 314 g/mol. The zero-order valence-corrected chi connectivity index (χ0v) is 13.2. The van der Waals surface area contributed by atoms with E-state index in [1.165, 1.54) is 25.7 Å². The number of fused-ring (bicyclic) bond motifs is 1. The van der Waals surface area contributed by atoms with Gasteiger partial charge in [-0.3, -0.25) is 9.59 Å². The van der Waals surface area contributed by atoms with E-state index in [9.17, 15) is 9.59 Å². The molecule has 1 aliphatic heterocycles. The number of carbonyl (C=O) groups is 2. The van der Waals surface area contributed by atoms with Crippen molar-refractivity contribution < 1.29 is 14.3 Å². The van der Waals surface area contributed by atoms with Gasteiger partial charge in [0.15, 0.2) is 6.61 Å². The molecule has 0 radical (unpaired) electrons. The highest BCUT2D eigenvalue weighted by Crippen LogP contribution is 2.44. The van der Waals surface area contributed by atoms with Crippen molar-refractivity contribution >= 4 is 17.5 Å². The maximum atomic E-state index is 12.3. The lowest BCUT2D eigenvalue weighted by Crippen LogP contribution is -2.43. The minimum Gasteiger partial charge on any atom is -0.482 e. The SMILES string of the molecule is O=C(CCN1C(=O)COc2ccccc21)NC(C1CC1)C1CC1. The van der Waals surface area contributed by atoms with Crippen molar-refractivity contribution in [1.29, 1.82) is 0 Å². The molecule has 1 N–H and O–H groups in total. The summed E-state index contributed by atoms with van der Waals surface area (Å²) in [4.78, 5) is 26.1. The first-order valence-corrected chi connectivity index (χ1v) is 8.54. The molecule has 2 amide bonds. The van der Waals surface area contributed by atoms with Gasteiger partial charge in [-0.05, 0) is 49.7 Å². The first-order valence-electron chi connectivity index (χ1n) is 8.54. The average Bonchev–Trinajstić information content (AvgIpc) is 3.45. The third-order valence-corrected chi connectivity index (χ3v) is 4.96. The Morgan fingerprint density at radius 1 is 1.22 bits per heavy atom. The lowest BCUT2D eigenvalue weighted by atomic mass is 10.1. The van der Waals surface area contributed by atoms with E-state index in [1.807, 2.05) is 24.3 Å². The number of ether oxygens (including phenoxy) is 1. The van der Waals surface area contributed by atoms with E-state index >= 15 is 0 Å². The van der Waals surface area contributed by atoms with Crippen LogP contribution < -0.4 is 15.0 Å². The predicted octanol–water partition coefficient (Wildman–Crippen LogP) is 2.11. The van der Waals surface area contributed by atoms with Gasteiger partial charge in [0.2, 0.25) is 5.91 Å². The molecule has 1 aromatic carbocycles. The molecular weight excluding hydrogens is 292 g/mol. The van der Waals surface area contributed by atoms with Gasteiger partial charge in [-0.15, -0.1) is 0 Å². The van der Waals surface area contributed by atoms with Gasteiger partial charge in [0, 0.05) is 19.0 Å². The van der Waals surface area contributed by atoms with E-state index < -0.39 is 0 Å². The molecular formula is C18H22N2O3. The molecule has 0 atom stereocenters. The maximum absolute atomic E-state index is 12.3. The maximum Gasteiger partial charge on any atom is 0.265 e. The van der Waals surface area contributed by atoms with Crippen molar-refractivity contribution in [2.75, 3.05) is 18.1 Å². The summed E-state index contributed by atoms with van der Waals surface area (Å²) < 4.78 is 5.43. The molecule has 122 valence electrons. The Bertz CT molecular complexity index is 610.